The van der Waals surface area contributed by atoms with Crippen LogP contribution < -0.4 is 5.32 Å². The van der Waals surface area contributed by atoms with Crippen molar-refractivity contribution >= 4 is 38.5 Å². The van der Waals surface area contributed by atoms with Crippen LogP contribution in [0.1, 0.15) is 19.4 Å². The van der Waals surface area contributed by atoms with Gasteiger partial charge in [0.1, 0.15) is 0 Å². The Morgan fingerprint density at radius 3 is 2.76 bits per heavy atom. The number of nitrogens with zero attached hydrogens (tertiary/aromatic N) is 1. The highest BCUT2D eigenvalue weighted by Crippen LogP contribution is 2.29. The Kier molecular flexibility index (Phi) is 3.83. The number of benzene rings is 1. The van der Waals surface area contributed by atoms with E-state index in [1.54, 1.807) is 11.8 Å². The molecule has 1 aliphatic rings. The molecule has 0 saturated carbocycles. The van der Waals surface area contributed by atoms with Crippen LogP contribution >= 0.6 is 27.7 Å². The predicted molar refractivity (Wildman–Crippen MR) is 81.0 cm³/mol. The molecule has 0 atom stereocenters. The summed E-state index contributed by atoms with van der Waals surface area (Å²) in [6, 6.07) is 6.25. The Morgan fingerprint density at radius 2 is 2.18 bits per heavy atom. The van der Waals surface area contributed by atoms with Crippen LogP contribution in [0.3, 0.4) is 0 Å². The monoisotopic (exact) mass is 312 g/mol. The van der Waals surface area contributed by atoms with Crippen LogP contribution in [0.4, 0.5) is 5.69 Å². The van der Waals surface area contributed by atoms with Gasteiger partial charge < -0.3 is 5.32 Å². The fourth-order valence-electron chi connectivity index (χ4n) is 1.60. The van der Waals surface area contributed by atoms with Crippen molar-refractivity contribution in [2.75, 3.05) is 17.6 Å². The average molecular weight is 313 g/mol. The summed E-state index contributed by atoms with van der Waals surface area (Å²) in [6.45, 7) is 7.51. The van der Waals surface area contributed by atoms with Gasteiger partial charge in [0.2, 0.25) is 0 Å². The summed E-state index contributed by atoms with van der Waals surface area (Å²) >= 11 is 5.28. The van der Waals surface area contributed by atoms with E-state index in [1.165, 1.54) is 5.56 Å². The third kappa shape index (κ3) is 3.49. The number of halogens is 1. The van der Waals surface area contributed by atoms with Gasteiger partial charge >= 0.3 is 0 Å². The number of nitrogens with one attached hydrogen (secondary N) is 1. The minimum Gasteiger partial charge on any atom is -0.335 e. The Hall–Kier alpha value is -0.480. The molecule has 1 aromatic carbocycles. The third-order valence-electron chi connectivity index (χ3n) is 2.68. The van der Waals surface area contributed by atoms with E-state index < -0.39 is 0 Å². The summed E-state index contributed by atoms with van der Waals surface area (Å²) in [4.78, 5) is 4.60. The van der Waals surface area contributed by atoms with Gasteiger partial charge in [-0.05, 0) is 36.1 Å². The summed E-state index contributed by atoms with van der Waals surface area (Å²) in [6.07, 6.45) is 0. The quantitative estimate of drug-likeness (QED) is 0.836. The van der Waals surface area contributed by atoms with Crippen LogP contribution in [0.25, 0.3) is 0 Å². The molecule has 92 valence electrons. The van der Waals surface area contributed by atoms with Gasteiger partial charge in [-0.2, -0.15) is 0 Å². The zero-order valence-electron chi connectivity index (χ0n) is 10.4. The maximum Gasteiger partial charge on any atom is 0.161 e. The van der Waals surface area contributed by atoms with Crippen molar-refractivity contribution in [2.45, 2.75) is 20.8 Å². The summed E-state index contributed by atoms with van der Waals surface area (Å²) < 4.78 is 1.11. The van der Waals surface area contributed by atoms with Gasteiger partial charge in [-0.25, -0.2) is 0 Å². The number of aryl methyl sites for hydroxylation is 1. The van der Waals surface area contributed by atoms with Crippen LogP contribution in [0.5, 0.6) is 0 Å². The van der Waals surface area contributed by atoms with Gasteiger partial charge in [-0.3, -0.25) is 4.99 Å². The number of anilines is 1. The van der Waals surface area contributed by atoms with Gasteiger partial charge in [-0.15, -0.1) is 0 Å². The molecule has 1 aromatic rings. The van der Waals surface area contributed by atoms with Crippen molar-refractivity contribution in [3.8, 4) is 0 Å². The molecule has 0 fully saturated rings. The van der Waals surface area contributed by atoms with Crippen LogP contribution in [0.2, 0.25) is 0 Å². The SMILES string of the molecule is Cc1cc(Br)ccc1NC1=NCC(C)(C)CS1. The largest absolute Gasteiger partial charge is 0.335 e. The lowest BCUT2D eigenvalue weighted by Gasteiger charge is -2.27. The molecule has 1 heterocycles. The van der Waals surface area contributed by atoms with Crippen LogP contribution in [0, 0.1) is 12.3 Å². The van der Waals surface area contributed by atoms with E-state index in [0.29, 0.717) is 5.41 Å². The molecule has 0 saturated heterocycles. The Morgan fingerprint density at radius 1 is 1.41 bits per heavy atom. The molecule has 2 nitrogen and oxygen atoms in total. The van der Waals surface area contributed by atoms with E-state index in [2.05, 4.69) is 59.1 Å². The van der Waals surface area contributed by atoms with Crippen LogP contribution in [0.15, 0.2) is 27.7 Å². The van der Waals surface area contributed by atoms with Gasteiger partial charge in [0.05, 0.1) is 0 Å². The lowest BCUT2D eigenvalue weighted by atomic mass is 9.97. The Labute approximate surface area is 115 Å². The first-order valence-electron chi connectivity index (χ1n) is 5.67. The molecule has 1 aliphatic heterocycles. The van der Waals surface area contributed by atoms with Crippen LogP contribution in [-0.2, 0) is 0 Å². The molecule has 0 aromatic heterocycles. The molecular weight excluding hydrogens is 296 g/mol. The summed E-state index contributed by atoms with van der Waals surface area (Å²) in [5, 5.41) is 4.44. The highest BCUT2D eigenvalue weighted by Gasteiger charge is 2.23. The standard InChI is InChI=1S/C13H17BrN2S/c1-9-6-10(14)4-5-11(9)16-12-15-7-13(2,3)8-17-12/h4-6H,7-8H2,1-3H3,(H,15,16). The van der Waals surface area contributed by atoms with E-state index in [-0.39, 0.29) is 0 Å². The molecule has 0 unspecified atom stereocenters. The smallest absolute Gasteiger partial charge is 0.161 e. The average Bonchev–Trinajstić information content (AvgIpc) is 2.25. The van der Waals surface area contributed by atoms with E-state index in [9.17, 15) is 0 Å². The number of amidine groups is 1. The normalized spacial score (nSPS) is 18.7. The maximum absolute atomic E-state index is 4.60. The zero-order chi connectivity index (χ0) is 12.5. The van der Waals surface area contributed by atoms with Gasteiger partial charge in [-0.1, -0.05) is 41.5 Å². The van der Waals surface area contributed by atoms with Crippen molar-refractivity contribution in [3.63, 3.8) is 0 Å². The van der Waals surface area contributed by atoms with Crippen molar-refractivity contribution < 1.29 is 0 Å². The minimum absolute atomic E-state index is 0.324. The van der Waals surface area contributed by atoms with Crippen LogP contribution in [-0.4, -0.2) is 17.5 Å². The molecule has 0 aliphatic carbocycles. The molecule has 1 N–H and O–H groups in total. The van der Waals surface area contributed by atoms with E-state index in [1.807, 2.05) is 6.07 Å². The number of aliphatic imine (C=N–C) groups is 1. The molecule has 4 heteroatoms. The third-order valence-corrected chi connectivity index (χ3v) is 4.60. The lowest BCUT2D eigenvalue weighted by Crippen LogP contribution is -2.27. The van der Waals surface area contributed by atoms with Crippen molar-refractivity contribution in [3.05, 3.63) is 28.2 Å². The molecule has 2 rings (SSSR count). The van der Waals surface area contributed by atoms with Crippen molar-refractivity contribution in [1.82, 2.24) is 0 Å². The first-order chi connectivity index (χ1) is 7.96. The van der Waals surface area contributed by atoms with E-state index >= 15 is 0 Å². The number of hydrogen-bond acceptors (Lipinski definition) is 3. The van der Waals surface area contributed by atoms with Gasteiger partial charge in [0, 0.05) is 22.5 Å². The molecular formula is C13H17BrN2S. The van der Waals surface area contributed by atoms with Gasteiger partial charge in [0.25, 0.3) is 0 Å². The maximum atomic E-state index is 4.60. The second kappa shape index (κ2) is 5.02. The Balaban J connectivity index is 2.09. The van der Waals surface area contributed by atoms with E-state index in [0.717, 1.165) is 27.6 Å². The van der Waals surface area contributed by atoms with Crippen molar-refractivity contribution in [2.24, 2.45) is 10.4 Å². The fraction of sp³-hybridized carbons (Fsp3) is 0.462. The lowest BCUT2D eigenvalue weighted by molar-refractivity contribution is 0.438. The molecule has 0 radical (unpaired) electrons. The topological polar surface area (TPSA) is 24.4 Å². The molecule has 0 bridgehead atoms. The molecule has 17 heavy (non-hydrogen) atoms. The number of hydrogen-bond donors (Lipinski definition) is 1. The fourth-order valence-corrected chi connectivity index (χ4v) is 3.03. The van der Waals surface area contributed by atoms with E-state index in [4.69, 9.17) is 0 Å². The Bertz CT molecular complexity index is 455. The summed E-state index contributed by atoms with van der Waals surface area (Å²) in [5.74, 6) is 1.12. The van der Waals surface area contributed by atoms with Gasteiger partial charge in [0.15, 0.2) is 5.17 Å². The summed E-state index contributed by atoms with van der Waals surface area (Å²) in [7, 11) is 0. The highest BCUT2D eigenvalue weighted by molar-refractivity contribution is 9.10. The highest BCUT2D eigenvalue weighted by atomic mass is 79.9. The first kappa shape index (κ1) is 13.0. The van der Waals surface area contributed by atoms with Crippen molar-refractivity contribution in [1.29, 1.82) is 0 Å². The summed E-state index contributed by atoms with van der Waals surface area (Å²) in [5.41, 5.74) is 2.69. The minimum atomic E-state index is 0.324. The zero-order valence-corrected chi connectivity index (χ0v) is 12.8. The molecule has 0 spiro atoms. The second-order valence-corrected chi connectivity index (χ2v) is 7.04. The number of rotatable bonds is 1. The second-order valence-electron chi connectivity index (χ2n) is 5.16. The predicted octanol–water partition coefficient (Wildman–Crippen LogP) is 4.30. The number of thioether (sulfide) groups is 1. The molecule has 0 amide bonds. The first-order valence-corrected chi connectivity index (χ1v) is 7.45.